The quantitative estimate of drug-likeness (QED) is 0.251. The molecule has 14 heteroatoms. The maximum absolute atomic E-state index is 12.4. The highest BCUT2D eigenvalue weighted by Gasteiger charge is 2.64. The van der Waals surface area contributed by atoms with Gasteiger partial charge in [-0.25, -0.2) is 4.79 Å². The molecule has 2 bridgehead atoms. The van der Waals surface area contributed by atoms with E-state index in [1.165, 1.54) is 13.3 Å². The SMILES string of the molecule is COC[C@]12CO[C@@H](C1OP(C)(=O)O)[C@H](n1cc(C#CCNC(=O)CN)c(=O)[nH]c1=O)O2. The fourth-order valence-electron chi connectivity index (χ4n) is 3.45. The van der Waals surface area contributed by atoms with Gasteiger partial charge in [0.25, 0.3) is 5.56 Å². The molecule has 1 aromatic heterocycles. The Morgan fingerprint density at radius 2 is 2.29 bits per heavy atom. The lowest BCUT2D eigenvalue weighted by atomic mass is 10.0. The minimum atomic E-state index is -3.92. The number of H-pyrrole nitrogens is 1. The smallest absolute Gasteiger partial charge is 0.330 e. The van der Waals surface area contributed by atoms with Crippen LogP contribution in [0.5, 0.6) is 0 Å². The van der Waals surface area contributed by atoms with Crippen LogP contribution in [0, 0.1) is 11.8 Å². The zero-order valence-corrected chi connectivity index (χ0v) is 17.7. The van der Waals surface area contributed by atoms with Crippen LogP contribution in [0.3, 0.4) is 0 Å². The van der Waals surface area contributed by atoms with Crippen LogP contribution in [-0.2, 0) is 28.1 Å². The van der Waals surface area contributed by atoms with E-state index in [1.54, 1.807) is 0 Å². The van der Waals surface area contributed by atoms with Crippen molar-refractivity contribution in [1.29, 1.82) is 0 Å². The van der Waals surface area contributed by atoms with E-state index >= 15 is 0 Å². The second-order valence-corrected chi connectivity index (χ2v) is 8.92. The second-order valence-electron chi connectivity index (χ2n) is 7.10. The molecule has 5 atom stereocenters. The van der Waals surface area contributed by atoms with Gasteiger partial charge in [0, 0.05) is 20.0 Å². The van der Waals surface area contributed by atoms with Gasteiger partial charge in [0.15, 0.2) is 6.23 Å². The zero-order valence-electron chi connectivity index (χ0n) is 16.8. The Hall–Kier alpha value is -2.30. The third-order valence-electron chi connectivity index (χ3n) is 4.70. The maximum Gasteiger partial charge on any atom is 0.330 e. The van der Waals surface area contributed by atoms with Crippen molar-refractivity contribution >= 4 is 13.5 Å². The number of ether oxygens (including phenoxy) is 3. The van der Waals surface area contributed by atoms with Crippen molar-refractivity contribution < 1.29 is 33.0 Å². The summed E-state index contributed by atoms with van der Waals surface area (Å²) >= 11 is 0. The number of carbonyl (C=O) groups excluding carboxylic acids is 1. The summed E-state index contributed by atoms with van der Waals surface area (Å²) < 4.78 is 35.1. The molecule has 0 aromatic carbocycles. The van der Waals surface area contributed by atoms with Crippen molar-refractivity contribution in [2.45, 2.75) is 24.0 Å². The molecule has 2 aliphatic rings. The molecular weight excluding hydrogens is 435 g/mol. The molecule has 0 spiro atoms. The molecule has 2 unspecified atom stereocenters. The van der Waals surface area contributed by atoms with Crippen LogP contribution >= 0.6 is 7.60 Å². The number of carbonyl (C=O) groups is 1. The highest BCUT2D eigenvalue weighted by atomic mass is 31.2. The second kappa shape index (κ2) is 9.05. The van der Waals surface area contributed by atoms with Crippen molar-refractivity contribution in [1.82, 2.24) is 14.9 Å². The standard InChI is InChI=1S/C17H23N4O9P/c1-27-8-17-9-28-12(13(17)30-31(2,25)26)15(29-17)21-7-10(14(23)20-16(21)24)4-3-5-19-11(22)6-18/h7,12-13,15H,5-6,8-9,18H2,1-2H3,(H,19,22)(H,25,26)(H,20,23,24)/t12-,13?,15+,17-/m0/s1. The van der Waals surface area contributed by atoms with Crippen molar-refractivity contribution in [2.75, 3.05) is 40.1 Å². The Morgan fingerprint density at radius 3 is 2.94 bits per heavy atom. The molecule has 1 amide bonds. The zero-order chi connectivity index (χ0) is 22.8. The minimum absolute atomic E-state index is 0.0176. The number of aromatic amines is 1. The molecule has 2 saturated heterocycles. The molecule has 5 N–H and O–H groups in total. The van der Waals surface area contributed by atoms with Gasteiger partial charge in [0.05, 0.1) is 26.3 Å². The highest BCUT2D eigenvalue weighted by Crippen LogP contribution is 2.52. The van der Waals surface area contributed by atoms with E-state index in [1.807, 2.05) is 0 Å². The molecule has 0 aliphatic carbocycles. The lowest BCUT2D eigenvalue weighted by Gasteiger charge is -2.31. The van der Waals surface area contributed by atoms with Crippen molar-refractivity contribution in [3.63, 3.8) is 0 Å². The fourth-order valence-corrected chi connectivity index (χ4v) is 4.18. The molecule has 13 nitrogen and oxygen atoms in total. The van der Waals surface area contributed by atoms with Crippen LogP contribution in [0.1, 0.15) is 11.8 Å². The number of amides is 1. The average molecular weight is 458 g/mol. The van der Waals surface area contributed by atoms with E-state index in [9.17, 15) is 23.8 Å². The summed E-state index contributed by atoms with van der Waals surface area (Å²) in [5.74, 6) is 4.74. The van der Waals surface area contributed by atoms with Gasteiger partial charge in [0.1, 0.15) is 23.4 Å². The Bertz CT molecular complexity index is 1070. The van der Waals surface area contributed by atoms with Crippen LogP contribution in [0.25, 0.3) is 0 Å². The first-order chi connectivity index (χ1) is 14.6. The molecule has 2 fully saturated rings. The Balaban J connectivity index is 1.91. The number of nitrogens with zero attached hydrogens (tertiary/aromatic N) is 1. The monoisotopic (exact) mass is 458 g/mol. The van der Waals surface area contributed by atoms with Gasteiger partial charge < -0.3 is 30.2 Å². The average Bonchev–Trinajstić information content (AvgIpc) is 3.16. The van der Waals surface area contributed by atoms with Gasteiger partial charge in [-0.1, -0.05) is 11.8 Å². The van der Waals surface area contributed by atoms with Gasteiger partial charge in [-0.15, -0.1) is 0 Å². The Morgan fingerprint density at radius 1 is 1.55 bits per heavy atom. The van der Waals surface area contributed by atoms with Crippen LogP contribution in [0.2, 0.25) is 0 Å². The third kappa shape index (κ3) is 4.97. The van der Waals surface area contributed by atoms with Crippen LogP contribution in [0.15, 0.2) is 15.8 Å². The number of hydrogen-bond acceptors (Lipinski definition) is 9. The van der Waals surface area contributed by atoms with Gasteiger partial charge in [0.2, 0.25) is 5.91 Å². The highest BCUT2D eigenvalue weighted by molar-refractivity contribution is 7.51. The number of methoxy groups -OCH3 is 1. The summed E-state index contributed by atoms with van der Waals surface area (Å²) in [6.07, 6.45) is -1.78. The van der Waals surface area contributed by atoms with E-state index < -0.39 is 48.8 Å². The number of aromatic nitrogens is 2. The molecule has 3 heterocycles. The van der Waals surface area contributed by atoms with Crippen molar-refractivity contribution in [2.24, 2.45) is 5.73 Å². The molecule has 1 aromatic rings. The number of rotatable bonds is 7. The Labute approximate surface area is 176 Å². The predicted octanol–water partition coefficient (Wildman–Crippen LogP) is -2.52. The van der Waals surface area contributed by atoms with Gasteiger partial charge in [-0.2, -0.15) is 0 Å². The van der Waals surface area contributed by atoms with E-state index in [0.717, 1.165) is 11.2 Å². The molecule has 170 valence electrons. The predicted molar refractivity (Wildman–Crippen MR) is 105 cm³/mol. The Kier molecular flexibility index (Phi) is 6.82. The largest absolute Gasteiger partial charge is 0.381 e. The first-order valence-electron chi connectivity index (χ1n) is 9.18. The van der Waals surface area contributed by atoms with Crippen LogP contribution in [0.4, 0.5) is 0 Å². The minimum Gasteiger partial charge on any atom is -0.381 e. The number of nitrogens with one attached hydrogen (secondary N) is 2. The summed E-state index contributed by atoms with van der Waals surface area (Å²) in [5.41, 5.74) is 2.38. The number of fused-ring (bicyclic) bond motifs is 2. The van der Waals surface area contributed by atoms with E-state index in [-0.39, 0.29) is 31.9 Å². The first kappa shape index (κ1) is 23.4. The van der Waals surface area contributed by atoms with Crippen molar-refractivity contribution in [3.8, 4) is 11.8 Å². The summed E-state index contributed by atoms with van der Waals surface area (Å²) in [7, 11) is -2.50. The molecule has 2 aliphatic heterocycles. The van der Waals surface area contributed by atoms with Crippen LogP contribution < -0.4 is 22.3 Å². The summed E-state index contributed by atoms with van der Waals surface area (Å²) in [6, 6.07) is 0. The summed E-state index contributed by atoms with van der Waals surface area (Å²) in [5, 5.41) is 2.43. The molecular formula is C17H23N4O9P. The van der Waals surface area contributed by atoms with E-state index in [4.69, 9.17) is 24.5 Å². The van der Waals surface area contributed by atoms with Crippen molar-refractivity contribution in [3.05, 3.63) is 32.6 Å². The molecule has 0 saturated carbocycles. The lowest BCUT2D eigenvalue weighted by molar-refractivity contribution is -0.190. The van der Waals surface area contributed by atoms with Crippen LogP contribution in [-0.4, -0.2) is 78.2 Å². The van der Waals surface area contributed by atoms with Gasteiger partial charge in [-0.3, -0.25) is 28.2 Å². The fraction of sp³-hybridized carbons (Fsp3) is 0.588. The maximum atomic E-state index is 12.4. The summed E-state index contributed by atoms with van der Waals surface area (Å²) in [6.45, 7) is 0.798. The normalized spacial score (nSPS) is 28.6. The third-order valence-corrected chi connectivity index (χ3v) is 5.31. The molecule has 3 rings (SSSR count). The number of hydrogen-bond donors (Lipinski definition) is 4. The first-order valence-corrected chi connectivity index (χ1v) is 11.2. The van der Waals surface area contributed by atoms with E-state index in [2.05, 4.69) is 22.1 Å². The van der Waals surface area contributed by atoms with E-state index in [0.29, 0.717) is 0 Å². The summed E-state index contributed by atoms with van der Waals surface area (Å²) in [4.78, 5) is 47.5. The number of nitrogens with two attached hydrogens (primary N) is 1. The molecule has 31 heavy (non-hydrogen) atoms. The van der Waals surface area contributed by atoms with Gasteiger partial charge >= 0.3 is 13.3 Å². The lowest BCUT2D eigenvalue weighted by Crippen LogP contribution is -2.46. The van der Waals surface area contributed by atoms with Gasteiger partial charge in [-0.05, 0) is 0 Å². The molecule has 0 radical (unpaired) electrons. The topological polar surface area (TPSA) is 184 Å².